The maximum absolute atomic E-state index is 10.7. The molecule has 0 bridgehead atoms. The minimum atomic E-state index is -0.911. The molecule has 1 aromatic rings. The van der Waals surface area contributed by atoms with Gasteiger partial charge in [-0.05, 0) is 43.1 Å². The highest BCUT2D eigenvalue weighted by atomic mass is 16.5. The van der Waals surface area contributed by atoms with E-state index in [9.17, 15) is 4.79 Å². The maximum Gasteiger partial charge on any atom is 0.335 e. The van der Waals surface area contributed by atoms with Crippen molar-refractivity contribution < 1.29 is 14.6 Å². The predicted molar refractivity (Wildman–Crippen MR) is 94.2 cm³/mol. The molecule has 0 aromatic heterocycles. The first-order chi connectivity index (χ1) is 11.7. The molecule has 0 aliphatic heterocycles. The van der Waals surface area contributed by atoms with Crippen LogP contribution >= 0.6 is 0 Å². The van der Waals surface area contributed by atoms with E-state index in [0.717, 1.165) is 19.0 Å². The lowest BCUT2D eigenvalue weighted by Crippen LogP contribution is -2.24. The van der Waals surface area contributed by atoms with Gasteiger partial charge >= 0.3 is 5.97 Å². The van der Waals surface area contributed by atoms with Gasteiger partial charge in [-0.15, -0.1) is 0 Å². The lowest BCUT2D eigenvalue weighted by atomic mass is 9.87. The topological polar surface area (TPSA) is 82.4 Å². The molecule has 0 heterocycles. The normalized spacial score (nSPS) is 14.2. The highest BCUT2D eigenvalue weighted by Crippen LogP contribution is 2.25. The average molecular weight is 332 g/mol. The third-order valence-electron chi connectivity index (χ3n) is 4.10. The molecule has 1 aliphatic carbocycles. The SMILES string of the molecule is CC#N.O=C(O)c1ccc(OCCNCCC2CCCCC2)cc1. The molecule has 2 N–H and O–H groups in total. The van der Waals surface area contributed by atoms with Gasteiger partial charge in [-0.3, -0.25) is 0 Å². The fourth-order valence-electron chi connectivity index (χ4n) is 2.84. The fourth-order valence-corrected chi connectivity index (χ4v) is 2.84. The molecule has 0 saturated heterocycles. The van der Waals surface area contributed by atoms with Gasteiger partial charge in [0.1, 0.15) is 12.4 Å². The van der Waals surface area contributed by atoms with Gasteiger partial charge in [0, 0.05) is 13.5 Å². The summed E-state index contributed by atoms with van der Waals surface area (Å²) in [6.45, 7) is 3.93. The molecule has 5 heteroatoms. The maximum atomic E-state index is 10.7. The number of aromatic carboxylic acids is 1. The minimum absolute atomic E-state index is 0.285. The zero-order valence-electron chi connectivity index (χ0n) is 14.5. The predicted octanol–water partition coefficient (Wildman–Crippen LogP) is 3.85. The molecule has 0 radical (unpaired) electrons. The number of benzene rings is 1. The highest BCUT2D eigenvalue weighted by molar-refractivity contribution is 5.87. The number of nitrogens with one attached hydrogen (secondary N) is 1. The Bertz CT molecular complexity index is 502. The van der Waals surface area contributed by atoms with Crippen LogP contribution in [0.15, 0.2) is 24.3 Å². The van der Waals surface area contributed by atoms with Crippen molar-refractivity contribution in [1.82, 2.24) is 5.32 Å². The van der Waals surface area contributed by atoms with Crippen LogP contribution in [0.2, 0.25) is 0 Å². The van der Waals surface area contributed by atoms with Crippen LogP contribution in [0.25, 0.3) is 0 Å². The largest absolute Gasteiger partial charge is 0.492 e. The van der Waals surface area contributed by atoms with Crippen LogP contribution in [0.3, 0.4) is 0 Å². The second-order valence-corrected chi connectivity index (χ2v) is 5.94. The quantitative estimate of drug-likeness (QED) is 0.707. The highest BCUT2D eigenvalue weighted by Gasteiger charge is 2.12. The van der Waals surface area contributed by atoms with E-state index in [1.54, 1.807) is 30.3 Å². The number of nitrogens with zero attached hydrogens (tertiary/aromatic N) is 1. The van der Waals surface area contributed by atoms with E-state index >= 15 is 0 Å². The van der Waals surface area contributed by atoms with Crippen LogP contribution < -0.4 is 10.1 Å². The Morgan fingerprint density at radius 2 is 1.88 bits per heavy atom. The van der Waals surface area contributed by atoms with E-state index in [2.05, 4.69) is 5.32 Å². The summed E-state index contributed by atoms with van der Waals surface area (Å²) in [5.41, 5.74) is 0.285. The van der Waals surface area contributed by atoms with Crippen molar-refractivity contribution in [3.8, 4) is 11.8 Å². The Hall–Kier alpha value is -2.06. The van der Waals surface area contributed by atoms with Gasteiger partial charge in [0.25, 0.3) is 0 Å². The van der Waals surface area contributed by atoms with Crippen molar-refractivity contribution in [2.45, 2.75) is 45.4 Å². The second-order valence-electron chi connectivity index (χ2n) is 5.94. The zero-order chi connectivity index (χ0) is 17.6. The third-order valence-corrected chi connectivity index (χ3v) is 4.10. The molecule has 5 nitrogen and oxygen atoms in total. The number of carboxylic acid groups (broad SMARTS) is 1. The third kappa shape index (κ3) is 8.54. The molecular weight excluding hydrogens is 304 g/mol. The van der Waals surface area contributed by atoms with Gasteiger partial charge in [0.2, 0.25) is 0 Å². The van der Waals surface area contributed by atoms with Gasteiger partial charge in [0.15, 0.2) is 0 Å². The number of rotatable bonds is 8. The zero-order valence-corrected chi connectivity index (χ0v) is 14.5. The van der Waals surface area contributed by atoms with E-state index < -0.39 is 5.97 Å². The van der Waals surface area contributed by atoms with Gasteiger partial charge in [-0.1, -0.05) is 32.1 Å². The molecule has 1 aromatic carbocycles. The Kier molecular flexibility index (Phi) is 10.3. The molecule has 0 atom stereocenters. The van der Waals surface area contributed by atoms with E-state index in [-0.39, 0.29) is 5.56 Å². The lowest BCUT2D eigenvalue weighted by molar-refractivity contribution is 0.0697. The van der Waals surface area contributed by atoms with Crippen LogP contribution in [-0.2, 0) is 0 Å². The summed E-state index contributed by atoms with van der Waals surface area (Å²) in [5.74, 6) is 0.718. The van der Waals surface area contributed by atoms with Gasteiger partial charge in [0.05, 0.1) is 11.6 Å². The van der Waals surface area contributed by atoms with Crippen LogP contribution in [-0.4, -0.2) is 30.8 Å². The molecule has 1 saturated carbocycles. The standard InChI is InChI=1S/C17H25NO3.C2H3N/c19-17(20)15-6-8-16(9-7-15)21-13-12-18-11-10-14-4-2-1-3-5-14;1-2-3/h6-9,14,18H,1-5,10-13H2,(H,19,20);1H3. The molecule has 0 spiro atoms. The molecule has 0 unspecified atom stereocenters. The van der Waals surface area contributed by atoms with Crippen molar-refractivity contribution in [2.24, 2.45) is 5.92 Å². The Morgan fingerprint density at radius 1 is 1.25 bits per heavy atom. The van der Waals surface area contributed by atoms with E-state index in [1.165, 1.54) is 45.4 Å². The van der Waals surface area contributed by atoms with E-state index in [4.69, 9.17) is 15.1 Å². The van der Waals surface area contributed by atoms with E-state index in [1.807, 2.05) is 0 Å². The number of hydrogen-bond acceptors (Lipinski definition) is 4. The molecule has 132 valence electrons. The summed E-state index contributed by atoms with van der Waals surface area (Å²) in [7, 11) is 0. The molecule has 1 aliphatic rings. The summed E-state index contributed by atoms with van der Waals surface area (Å²) in [6, 6.07) is 8.28. The van der Waals surface area contributed by atoms with Crippen molar-refractivity contribution in [2.75, 3.05) is 19.7 Å². The van der Waals surface area contributed by atoms with Crippen LogP contribution in [0.4, 0.5) is 0 Å². The number of ether oxygens (including phenoxy) is 1. The van der Waals surface area contributed by atoms with Gasteiger partial charge in [-0.2, -0.15) is 5.26 Å². The Balaban J connectivity index is 0.000000891. The number of nitriles is 1. The summed E-state index contributed by atoms with van der Waals surface area (Å²) < 4.78 is 5.58. The number of carbonyl (C=O) groups is 1. The summed E-state index contributed by atoms with van der Waals surface area (Å²) in [5, 5.41) is 19.5. The van der Waals surface area contributed by atoms with Crippen LogP contribution in [0, 0.1) is 17.2 Å². The van der Waals surface area contributed by atoms with Crippen molar-refractivity contribution in [1.29, 1.82) is 5.26 Å². The number of carboxylic acids is 1. The Labute approximate surface area is 144 Å². The molecule has 24 heavy (non-hydrogen) atoms. The first kappa shape index (κ1) is 20.0. The first-order valence-corrected chi connectivity index (χ1v) is 8.65. The van der Waals surface area contributed by atoms with Gasteiger partial charge in [-0.25, -0.2) is 4.79 Å². The smallest absolute Gasteiger partial charge is 0.335 e. The molecular formula is C19H28N2O3. The van der Waals surface area contributed by atoms with Crippen molar-refractivity contribution in [3.05, 3.63) is 29.8 Å². The van der Waals surface area contributed by atoms with Crippen molar-refractivity contribution >= 4 is 5.97 Å². The summed E-state index contributed by atoms with van der Waals surface area (Å²) in [6.07, 6.45) is 8.29. The van der Waals surface area contributed by atoms with E-state index in [0.29, 0.717) is 12.4 Å². The van der Waals surface area contributed by atoms with Crippen LogP contribution in [0.1, 0.15) is 55.8 Å². The molecule has 1 fully saturated rings. The average Bonchev–Trinajstić information content (AvgIpc) is 2.60. The molecule has 0 amide bonds. The Morgan fingerprint density at radius 3 is 2.46 bits per heavy atom. The first-order valence-electron chi connectivity index (χ1n) is 8.65. The lowest BCUT2D eigenvalue weighted by Gasteiger charge is -2.21. The summed E-state index contributed by atoms with van der Waals surface area (Å²) >= 11 is 0. The molecule has 2 rings (SSSR count). The van der Waals surface area contributed by atoms with Gasteiger partial charge < -0.3 is 15.2 Å². The van der Waals surface area contributed by atoms with Crippen molar-refractivity contribution in [3.63, 3.8) is 0 Å². The monoisotopic (exact) mass is 332 g/mol. The second kappa shape index (κ2) is 12.4. The number of hydrogen-bond donors (Lipinski definition) is 2. The fraction of sp³-hybridized carbons (Fsp3) is 0.579. The van der Waals surface area contributed by atoms with Crippen LogP contribution in [0.5, 0.6) is 5.75 Å². The minimum Gasteiger partial charge on any atom is -0.492 e. The summed E-state index contributed by atoms with van der Waals surface area (Å²) in [4.78, 5) is 10.7.